The van der Waals surface area contributed by atoms with Crippen LogP contribution in [0.15, 0.2) is 36.0 Å². The molecule has 4 amide bonds. The van der Waals surface area contributed by atoms with Crippen LogP contribution in [0.4, 0.5) is 4.79 Å². The Balaban J connectivity index is 1.83. The number of amides is 4. The van der Waals surface area contributed by atoms with Gasteiger partial charge in [-0.3, -0.25) is 24.1 Å². The number of thioether (sulfide) groups is 1. The van der Waals surface area contributed by atoms with Gasteiger partial charge in [-0.25, -0.2) is 4.79 Å². The van der Waals surface area contributed by atoms with Gasteiger partial charge in [-0.15, -0.1) is 0 Å². The van der Waals surface area contributed by atoms with Gasteiger partial charge in [0, 0.05) is 20.0 Å². The summed E-state index contributed by atoms with van der Waals surface area (Å²) in [6.45, 7) is 0.779. The summed E-state index contributed by atoms with van der Waals surface area (Å²) in [7, 11) is 0. The van der Waals surface area contributed by atoms with E-state index in [1.165, 1.54) is 13.0 Å². The molecule has 0 bridgehead atoms. The van der Waals surface area contributed by atoms with E-state index in [4.69, 9.17) is 4.74 Å². The number of ether oxygens (including phenoxy) is 1. The first kappa shape index (κ1) is 21.2. The van der Waals surface area contributed by atoms with E-state index < -0.39 is 24.4 Å². The number of imide groups is 1. The minimum absolute atomic E-state index is 0.0484. The fraction of sp³-hybridized carbons (Fsp3) is 0.278. The second-order valence-corrected chi connectivity index (χ2v) is 6.60. The molecule has 1 aliphatic heterocycles. The van der Waals surface area contributed by atoms with E-state index in [2.05, 4.69) is 10.6 Å². The largest absolute Gasteiger partial charge is 0.451 e. The van der Waals surface area contributed by atoms with Crippen LogP contribution in [0.5, 0.6) is 0 Å². The van der Waals surface area contributed by atoms with Gasteiger partial charge in [0.15, 0.2) is 6.61 Å². The van der Waals surface area contributed by atoms with Crippen molar-refractivity contribution < 1.29 is 28.7 Å². The highest BCUT2D eigenvalue weighted by atomic mass is 32.2. The number of carbonyl (C=O) groups is 5. The monoisotopic (exact) mass is 405 g/mol. The van der Waals surface area contributed by atoms with Crippen molar-refractivity contribution in [3.8, 4) is 0 Å². The molecule has 1 aromatic carbocycles. The zero-order valence-corrected chi connectivity index (χ0v) is 15.9. The summed E-state index contributed by atoms with van der Waals surface area (Å²) < 4.78 is 4.92. The van der Waals surface area contributed by atoms with E-state index in [9.17, 15) is 24.0 Å². The van der Waals surface area contributed by atoms with Crippen LogP contribution >= 0.6 is 11.8 Å². The maximum absolute atomic E-state index is 12.2. The van der Waals surface area contributed by atoms with Gasteiger partial charge in [0.1, 0.15) is 5.70 Å². The second-order valence-electron chi connectivity index (χ2n) is 5.68. The molecule has 2 rings (SSSR count). The van der Waals surface area contributed by atoms with Crippen LogP contribution < -0.4 is 10.6 Å². The van der Waals surface area contributed by atoms with Crippen molar-refractivity contribution in [1.29, 1.82) is 0 Å². The average molecular weight is 405 g/mol. The predicted octanol–water partition coefficient (Wildman–Crippen LogP) is 0.518. The van der Waals surface area contributed by atoms with Gasteiger partial charge in [0.2, 0.25) is 11.8 Å². The van der Waals surface area contributed by atoms with Crippen molar-refractivity contribution in [2.75, 3.05) is 25.4 Å². The van der Waals surface area contributed by atoms with Crippen LogP contribution in [-0.4, -0.2) is 59.3 Å². The Morgan fingerprint density at radius 3 is 2.54 bits per heavy atom. The highest BCUT2D eigenvalue weighted by Crippen LogP contribution is 2.17. The molecule has 0 aliphatic carbocycles. The molecule has 10 heteroatoms. The Morgan fingerprint density at radius 2 is 1.93 bits per heavy atom. The molecular formula is C18H19N3O6S. The molecule has 0 saturated carbocycles. The van der Waals surface area contributed by atoms with Crippen molar-refractivity contribution >= 4 is 46.8 Å². The molecule has 1 aromatic rings. The van der Waals surface area contributed by atoms with E-state index in [1.54, 1.807) is 30.3 Å². The van der Waals surface area contributed by atoms with Crippen LogP contribution in [0.25, 0.3) is 6.08 Å². The minimum atomic E-state index is -0.865. The molecular weight excluding hydrogens is 386 g/mol. The van der Waals surface area contributed by atoms with Crippen molar-refractivity contribution in [3.63, 3.8) is 0 Å². The number of esters is 1. The molecule has 0 spiro atoms. The molecule has 1 fully saturated rings. The third kappa shape index (κ3) is 6.54. The summed E-state index contributed by atoms with van der Waals surface area (Å²) in [6.07, 6.45) is 1.43. The molecule has 0 atom stereocenters. The Morgan fingerprint density at radius 1 is 1.21 bits per heavy atom. The summed E-state index contributed by atoms with van der Waals surface area (Å²) in [4.78, 5) is 59.2. The zero-order valence-electron chi connectivity index (χ0n) is 15.1. The molecule has 148 valence electrons. The van der Waals surface area contributed by atoms with E-state index in [1.807, 2.05) is 0 Å². The Kier molecular flexibility index (Phi) is 7.76. The molecule has 0 unspecified atom stereocenters. The fourth-order valence-electron chi connectivity index (χ4n) is 2.22. The van der Waals surface area contributed by atoms with Gasteiger partial charge in [-0.1, -0.05) is 42.1 Å². The number of hydrogen-bond donors (Lipinski definition) is 2. The van der Waals surface area contributed by atoms with Gasteiger partial charge in [-0.05, 0) is 11.6 Å². The summed E-state index contributed by atoms with van der Waals surface area (Å²) in [5.41, 5.74) is 0.572. The first-order chi connectivity index (χ1) is 13.4. The van der Waals surface area contributed by atoms with Crippen LogP contribution in [0.1, 0.15) is 12.5 Å². The molecule has 28 heavy (non-hydrogen) atoms. The molecule has 1 aliphatic rings. The summed E-state index contributed by atoms with van der Waals surface area (Å²) in [5, 5.41) is 4.48. The van der Waals surface area contributed by atoms with Gasteiger partial charge < -0.3 is 15.4 Å². The predicted molar refractivity (Wildman–Crippen MR) is 102 cm³/mol. The zero-order chi connectivity index (χ0) is 20.5. The lowest BCUT2D eigenvalue weighted by Gasteiger charge is -2.13. The normalized spacial score (nSPS) is 14.0. The quantitative estimate of drug-likeness (QED) is 0.478. The highest BCUT2D eigenvalue weighted by Gasteiger charge is 2.29. The number of nitrogens with zero attached hydrogens (tertiary/aromatic N) is 1. The molecule has 1 saturated heterocycles. The lowest BCUT2D eigenvalue weighted by molar-refractivity contribution is -0.145. The standard InChI is InChI=1S/C18H19N3O6S/c1-12(22)20-14(9-13-5-3-2-4-6-13)17(25)27-10-15(23)19-7-8-21-16(24)11-28-18(21)26/h2-6,9H,7-8,10-11H2,1H3,(H,19,23)(H,20,22). The van der Waals surface area contributed by atoms with Crippen LogP contribution in [0, 0.1) is 0 Å². The number of carbonyl (C=O) groups excluding carboxylic acids is 5. The number of nitrogens with one attached hydrogen (secondary N) is 2. The van der Waals surface area contributed by atoms with Crippen molar-refractivity contribution in [2.24, 2.45) is 0 Å². The average Bonchev–Trinajstić information content (AvgIpc) is 2.98. The number of hydrogen-bond acceptors (Lipinski definition) is 7. The smallest absolute Gasteiger partial charge is 0.355 e. The first-order valence-electron chi connectivity index (χ1n) is 8.32. The van der Waals surface area contributed by atoms with Crippen molar-refractivity contribution in [3.05, 3.63) is 41.6 Å². The molecule has 0 aromatic heterocycles. The Hall–Kier alpha value is -3.14. The molecule has 2 N–H and O–H groups in total. The van der Waals surface area contributed by atoms with Crippen molar-refractivity contribution in [2.45, 2.75) is 6.92 Å². The molecule has 1 heterocycles. The van der Waals surface area contributed by atoms with Gasteiger partial charge in [-0.2, -0.15) is 0 Å². The van der Waals surface area contributed by atoms with Gasteiger partial charge in [0.25, 0.3) is 11.1 Å². The van der Waals surface area contributed by atoms with Gasteiger partial charge >= 0.3 is 5.97 Å². The Bertz CT molecular complexity index is 793. The van der Waals surface area contributed by atoms with Crippen LogP contribution in [0.2, 0.25) is 0 Å². The summed E-state index contributed by atoms with van der Waals surface area (Å²) in [6, 6.07) is 8.82. The van der Waals surface area contributed by atoms with Crippen molar-refractivity contribution in [1.82, 2.24) is 15.5 Å². The number of benzene rings is 1. The maximum Gasteiger partial charge on any atom is 0.355 e. The fourth-order valence-corrected chi connectivity index (χ4v) is 2.97. The van der Waals surface area contributed by atoms with E-state index in [0.29, 0.717) is 5.56 Å². The first-order valence-corrected chi connectivity index (χ1v) is 9.30. The second kappa shape index (κ2) is 10.3. The SMILES string of the molecule is CC(=O)NC(=Cc1ccccc1)C(=O)OCC(=O)NCCN1C(=O)CSC1=O. The lowest BCUT2D eigenvalue weighted by atomic mass is 10.2. The summed E-state index contributed by atoms with van der Waals surface area (Å²) in [5.74, 6) is -2.12. The van der Waals surface area contributed by atoms with Gasteiger partial charge in [0.05, 0.1) is 5.75 Å². The maximum atomic E-state index is 12.2. The van der Waals surface area contributed by atoms with Crippen LogP contribution in [-0.2, 0) is 23.9 Å². The minimum Gasteiger partial charge on any atom is -0.451 e. The third-order valence-electron chi connectivity index (χ3n) is 3.47. The summed E-state index contributed by atoms with van der Waals surface area (Å²) >= 11 is 0.910. The molecule has 9 nitrogen and oxygen atoms in total. The molecule has 0 radical (unpaired) electrons. The third-order valence-corrected chi connectivity index (χ3v) is 4.33. The number of rotatable bonds is 8. The topological polar surface area (TPSA) is 122 Å². The van der Waals surface area contributed by atoms with E-state index in [-0.39, 0.29) is 35.7 Å². The van der Waals surface area contributed by atoms with E-state index >= 15 is 0 Å². The van der Waals surface area contributed by atoms with Crippen LogP contribution in [0.3, 0.4) is 0 Å². The Labute approximate surface area is 165 Å². The highest BCUT2D eigenvalue weighted by molar-refractivity contribution is 8.14. The lowest BCUT2D eigenvalue weighted by Crippen LogP contribution is -2.39. The van der Waals surface area contributed by atoms with E-state index in [0.717, 1.165) is 16.7 Å².